The van der Waals surface area contributed by atoms with E-state index in [0.717, 1.165) is 5.56 Å². The van der Waals surface area contributed by atoms with E-state index in [1.54, 1.807) is 11.5 Å². The fourth-order valence-electron chi connectivity index (χ4n) is 1.71. The normalized spacial score (nSPS) is 19.6. The van der Waals surface area contributed by atoms with E-state index in [9.17, 15) is 4.79 Å². The summed E-state index contributed by atoms with van der Waals surface area (Å²) in [6, 6.07) is 0. The minimum absolute atomic E-state index is 0.0575. The molecule has 1 atom stereocenters. The average Bonchev–Trinajstić information content (AvgIpc) is 2.61. The third kappa shape index (κ3) is 1.99. The Morgan fingerprint density at radius 1 is 1.62 bits per heavy atom. The summed E-state index contributed by atoms with van der Waals surface area (Å²) >= 11 is 7.08. The molecule has 1 aliphatic carbocycles. The Morgan fingerprint density at radius 2 is 2.38 bits per heavy atom. The Hall–Kier alpha value is -1.26. The number of carbonyl (C=O) groups is 1. The number of hydrogen-bond donors (Lipinski definition) is 2. The van der Waals surface area contributed by atoms with Gasteiger partial charge in [-0.15, -0.1) is 11.3 Å². The van der Waals surface area contributed by atoms with E-state index >= 15 is 0 Å². The molecule has 3 N–H and O–H groups in total. The molecular formula is C11H10ClNO2S. The van der Waals surface area contributed by atoms with Crippen LogP contribution in [0.4, 0.5) is 5.00 Å². The zero-order chi connectivity index (χ0) is 11.7. The first-order valence-electron chi connectivity index (χ1n) is 4.73. The number of halogens is 1. The first-order chi connectivity index (χ1) is 7.59. The predicted molar refractivity (Wildman–Crippen MR) is 66.1 cm³/mol. The van der Waals surface area contributed by atoms with Crippen molar-refractivity contribution < 1.29 is 9.90 Å². The molecule has 1 heterocycles. The molecule has 0 fully saturated rings. The van der Waals surface area contributed by atoms with Crippen molar-refractivity contribution in [2.24, 2.45) is 0 Å². The van der Waals surface area contributed by atoms with Crippen molar-refractivity contribution in [3.8, 4) is 0 Å². The van der Waals surface area contributed by atoms with Gasteiger partial charge in [0, 0.05) is 11.0 Å². The van der Waals surface area contributed by atoms with Gasteiger partial charge < -0.3 is 10.8 Å². The maximum Gasteiger partial charge on any atom is 0.338 e. The highest BCUT2D eigenvalue weighted by Gasteiger charge is 2.22. The summed E-state index contributed by atoms with van der Waals surface area (Å²) < 4.78 is 0. The molecule has 0 aromatic carbocycles. The third-order valence-corrected chi connectivity index (χ3v) is 3.63. The third-order valence-electron chi connectivity index (χ3n) is 2.52. The summed E-state index contributed by atoms with van der Waals surface area (Å²) in [5, 5.41) is 11.9. The summed E-state index contributed by atoms with van der Waals surface area (Å²) in [7, 11) is 0. The molecule has 1 unspecified atom stereocenters. The van der Waals surface area contributed by atoms with Gasteiger partial charge in [-0.25, -0.2) is 4.79 Å². The van der Waals surface area contributed by atoms with Crippen LogP contribution in [0.2, 0.25) is 0 Å². The lowest BCUT2D eigenvalue weighted by atomic mass is 9.91. The number of nitrogen functional groups attached to an aromatic ring is 1. The molecule has 16 heavy (non-hydrogen) atoms. The van der Waals surface area contributed by atoms with Gasteiger partial charge in [-0.2, -0.15) is 0 Å². The lowest BCUT2D eigenvalue weighted by Crippen LogP contribution is -2.06. The molecule has 0 radical (unpaired) electrons. The standard InChI is InChI=1S/C11H10ClNO2S/c12-7-3-1-6(2-4-7)8-5-16-10(13)9(8)11(14)15/h1,3-6H,2,13H2,(H,14,15). The highest BCUT2D eigenvalue weighted by Crippen LogP contribution is 2.35. The van der Waals surface area contributed by atoms with Crippen molar-refractivity contribution in [2.75, 3.05) is 5.73 Å². The van der Waals surface area contributed by atoms with E-state index in [4.69, 9.17) is 22.4 Å². The van der Waals surface area contributed by atoms with Crippen molar-refractivity contribution in [1.82, 2.24) is 0 Å². The van der Waals surface area contributed by atoms with Gasteiger partial charge in [0.25, 0.3) is 0 Å². The fourth-order valence-corrected chi connectivity index (χ4v) is 2.75. The second-order valence-corrected chi connectivity index (χ2v) is 4.87. The lowest BCUT2D eigenvalue weighted by molar-refractivity contribution is 0.0697. The van der Waals surface area contributed by atoms with Gasteiger partial charge in [-0.05, 0) is 23.4 Å². The Bertz CT molecular complexity index is 490. The molecule has 3 nitrogen and oxygen atoms in total. The highest BCUT2D eigenvalue weighted by atomic mass is 35.5. The summed E-state index contributed by atoms with van der Waals surface area (Å²) in [5.74, 6) is -0.912. The fraction of sp³-hybridized carbons (Fsp3) is 0.182. The summed E-state index contributed by atoms with van der Waals surface area (Å²) in [6.07, 6.45) is 6.29. The van der Waals surface area contributed by atoms with E-state index in [-0.39, 0.29) is 11.5 Å². The molecule has 84 valence electrons. The van der Waals surface area contributed by atoms with Crippen LogP contribution in [0, 0.1) is 0 Å². The number of thiophene rings is 1. The number of hydrogen-bond acceptors (Lipinski definition) is 3. The van der Waals surface area contributed by atoms with Crippen LogP contribution in [0.1, 0.15) is 28.3 Å². The van der Waals surface area contributed by atoms with Crippen LogP contribution >= 0.6 is 22.9 Å². The zero-order valence-electron chi connectivity index (χ0n) is 8.31. The van der Waals surface area contributed by atoms with Crippen LogP contribution in [0.5, 0.6) is 0 Å². The van der Waals surface area contributed by atoms with Gasteiger partial charge in [0.2, 0.25) is 0 Å². The van der Waals surface area contributed by atoms with Gasteiger partial charge in [0.15, 0.2) is 0 Å². The Kier molecular flexibility index (Phi) is 3.03. The molecule has 1 aliphatic rings. The van der Waals surface area contributed by atoms with E-state index in [2.05, 4.69) is 0 Å². The topological polar surface area (TPSA) is 63.3 Å². The van der Waals surface area contributed by atoms with E-state index in [1.807, 2.05) is 12.2 Å². The minimum atomic E-state index is -0.970. The molecule has 1 aromatic rings. The minimum Gasteiger partial charge on any atom is -0.478 e. The molecule has 0 bridgehead atoms. The van der Waals surface area contributed by atoms with E-state index in [1.165, 1.54) is 11.3 Å². The average molecular weight is 256 g/mol. The number of nitrogens with two attached hydrogens (primary N) is 1. The second-order valence-electron chi connectivity index (χ2n) is 3.53. The number of anilines is 1. The van der Waals surface area contributed by atoms with E-state index < -0.39 is 5.97 Å². The first kappa shape index (κ1) is 11.2. The van der Waals surface area contributed by atoms with Crippen LogP contribution in [-0.4, -0.2) is 11.1 Å². The maximum absolute atomic E-state index is 11.1. The quantitative estimate of drug-likeness (QED) is 0.853. The van der Waals surface area contributed by atoms with Crippen LogP contribution in [0.15, 0.2) is 28.6 Å². The Labute approximate surface area is 102 Å². The number of carboxylic acids is 1. The zero-order valence-corrected chi connectivity index (χ0v) is 9.89. The maximum atomic E-state index is 11.1. The van der Waals surface area contributed by atoms with Gasteiger partial charge >= 0.3 is 5.97 Å². The molecule has 0 saturated heterocycles. The van der Waals surface area contributed by atoms with Crippen LogP contribution in [-0.2, 0) is 0 Å². The van der Waals surface area contributed by atoms with Gasteiger partial charge in [0.05, 0.1) is 5.56 Å². The van der Waals surface area contributed by atoms with Crippen LogP contribution < -0.4 is 5.73 Å². The number of allylic oxidation sites excluding steroid dienone is 4. The van der Waals surface area contributed by atoms with Crippen LogP contribution in [0.25, 0.3) is 0 Å². The van der Waals surface area contributed by atoms with Gasteiger partial charge in [0.1, 0.15) is 5.00 Å². The van der Waals surface area contributed by atoms with Crippen LogP contribution in [0.3, 0.4) is 0 Å². The number of aromatic carboxylic acids is 1. The summed E-state index contributed by atoms with van der Waals surface area (Å²) in [6.45, 7) is 0. The molecule has 2 rings (SSSR count). The largest absolute Gasteiger partial charge is 0.478 e. The molecule has 0 saturated carbocycles. The molecule has 5 heteroatoms. The number of carboxylic acid groups (broad SMARTS) is 1. The summed E-state index contributed by atoms with van der Waals surface area (Å²) in [5.41, 5.74) is 6.65. The highest BCUT2D eigenvalue weighted by molar-refractivity contribution is 7.14. The van der Waals surface area contributed by atoms with Crippen molar-refractivity contribution in [3.05, 3.63) is 39.8 Å². The summed E-state index contributed by atoms with van der Waals surface area (Å²) in [4.78, 5) is 11.1. The molecule has 1 aromatic heterocycles. The molecule has 0 amide bonds. The first-order valence-corrected chi connectivity index (χ1v) is 5.99. The predicted octanol–water partition coefficient (Wildman–Crippen LogP) is 3.19. The number of rotatable bonds is 2. The lowest BCUT2D eigenvalue weighted by Gasteiger charge is -2.14. The molecular weight excluding hydrogens is 246 g/mol. The monoisotopic (exact) mass is 255 g/mol. The Morgan fingerprint density at radius 3 is 2.94 bits per heavy atom. The van der Waals surface area contributed by atoms with Crippen molar-refractivity contribution >= 4 is 33.9 Å². The van der Waals surface area contributed by atoms with E-state index in [0.29, 0.717) is 16.5 Å². The molecule has 0 aliphatic heterocycles. The van der Waals surface area contributed by atoms with Crippen molar-refractivity contribution in [3.63, 3.8) is 0 Å². The molecule has 0 spiro atoms. The van der Waals surface area contributed by atoms with Gasteiger partial charge in [-0.3, -0.25) is 0 Å². The van der Waals surface area contributed by atoms with Crippen molar-refractivity contribution in [1.29, 1.82) is 0 Å². The smallest absolute Gasteiger partial charge is 0.338 e. The Balaban J connectivity index is 2.36. The van der Waals surface area contributed by atoms with Gasteiger partial charge in [-0.1, -0.05) is 23.8 Å². The van der Waals surface area contributed by atoms with Crippen molar-refractivity contribution in [2.45, 2.75) is 12.3 Å². The second kappa shape index (κ2) is 4.31. The SMILES string of the molecule is Nc1scc(C2C=CC(Cl)=CC2)c1C(=O)O.